The van der Waals surface area contributed by atoms with Gasteiger partial charge >= 0.3 is 95.1 Å². The monoisotopic (exact) mass is 610 g/mol. The van der Waals surface area contributed by atoms with Crippen molar-refractivity contribution in [1.29, 1.82) is 0 Å². The number of alkyl halides is 9. The van der Waals surface area contributed by atoms with E-state index in [-0.39, 0.29) is 26.2 Å². The smallest absolute Gasteiger partial charge is 0.214 e. The molecule has 0 aliphatic heterocycles. The minimum absolute atomic E-state index is 0. The Bertz CT molecular complexity index is 360. The van der Waals surface area contributed by atoms with Crippen LogP contribution in [0.25, 0.3) is 16.0 Å². The van der Waals surface area contributed by atoms with E-state index in [0.717, 1.165) is 19.6 Å². The quantitative estimate of drug-likeness (QED) is 0.197. The summed E-state index contributed by atoms with van der Waals surface area (Å²) in [4.78, 5) is 0. The van der Waals surface area contributed by atoms with E-state index in [1.807, 2.05) is 51.1 Å². The average Bonchev–Trinajstić information content (AvgIpc) is 3.18. The van der Waals surface area contributed by atoms with Gasteiger partial charge < -0.3 is 16.0 Å². The van der Waals surface area contributed by atoms with Crippen molar-refractivity contribution in [3.8, 4) is 0 Å². The van der Waals surface area contributed by atoms with E-state index in [0.29, 0.717) is 0 Å². The Hall–Kier alpha value is 0.0260. The predicted molar refractivity (Wildman–Crippen MR) is 105 cm³/mol. The summed E-state index contributed by atoms with van der Waals surface area (Å²) in [6, 6.07) is 10.0. The number of halogens is 9. The first-order valence-electron chi connectivity index (χ1n) is 8.53. The molecule has 1 rings (SSSR count). The first-order chi connectivity index (χ1) is 13.6. The third-order valence-electron chi connectivity index (χ3n) is 2.35. The van der Waals surface area contributed by atoms with Crippen LogP contribution in [0.3, 0.4) is 0 Å². The fourth-order valence-corrected chi connectivity index (χ4v) is 2.83. The second-order valence-corrected chi connectivity index (χ2v) is 9.87. The molecule has 0 aliphatic rings. The van der Waals surface area contributed by atoms with Crippen LogP contribution in [0.15, 0.2) is 30.3 Å². The third-order valence-corrected chi connectivity index (χ3v) is 5.92. The van der Waals surface area contributed by atoms with Gasteiger partial charge in [-0.2, -0.15) is 59.0 Å². The molecular formula is C17H29F9GeN3Zr. The first-order valence-corrected chi connectivity index (χ1v) is 11.7. The van der Waals surface area contributed by atoms with Crippen molar-refractivity contribution in [3.63, 3.8) is 0 Å². The maximum absolute atomic E-state index is 11.3. The van der Waals surface area contributed by atoms with Gasteiger partial charge in [-0.3, -0.25) is 0 Å². The minimum atomic E-state index is -7.10. The zero-order chi connectivity index (χ0) is 24.9. The van der Waals surface area contributed by atoms with Crippen molar-refractivity contribution in [3.05, 3.63) is 46.3 Å². The van der Waals surface area contributed by atoms with Crippen molar-refractivity contribution < 1.29 is 65.7 Å². The van der Waals surface area contributed by atoms with Gasteiger partial charge in [-0.15, -0.1) is 0 Å². The van der Waals surface area contributed by atoms with Crippen LogP contribution in [0.5, 0.6) is 0 Å². The Morgan fingerprint density at radius 3 is 0.839 bits per heavy atom. The maximum atomic E-state index is 11.3. The molecule has 14 heteroatoms. The summed E-state index contributed by atoms with van der Waals surface area (Å²) in [5.41, 5.74) is 0. The SMILES string of the molecule is CC[N-]C.CC[N-]C.CC[N-]C.F[C](F)(F)[Ge]([C](F)(F)F)[C](F)(F)F.[Zr+4].c1cc[cH-]c1. The minimum Gasteiger partial charge on any atom is -0.214 e. The summed E-state index contributed by atoms with van der Waals surface area (Å²) in [6.45, 7) is 8.88. The summed E-state index contributed by atoms with van der Waals surface area (Å²) in [5.74, 6) is 0. The zero-order valence-electron chi connectivity index (χ0n) is 18.3. The molecule has 1 radical (unpaired) electrons. The van der Waals surface area contributed by atoms with Gasteiger partial charge in [0, 0.05) is 0 Å². The fourth-order valence-electron chi connectivity index (χ4n) is 0.803. The van der Waals surface area contributed by atoms with Gasteiger partial charge in [-0.25, -0.2) is 12.1 Å². The summed E-state index contributed by atoms with van der Waals surface area (Å²) in [6.07, 6.45) is 0. The van der Waals surface area contributed by atoms with Crippen LogP contribution >= 0.6 is 0 Å². The van der Waals surface area contributed by atoms with Crippen molar-refractivity contribution in [1.82, 2.24) is 0 Å². The van der Waals surface area contributed by atoms with Crippen LogP contribution in [0.2, 0.25) is 0 Å². The molecule has 1 aromatic carbocycles. The van der Waals surface area contributed by atoms with E-state index in [1.54, 1.807) is 21.1 Å². The van der Waals surface area contributed by atoms with Crippen LogP contribution in [0, 0.1) is 0 Å². The van der Waals surface area contributed by atoms with E-state index in [2.05, 4.69) is 16.0 Å². The van der Waals surface area contributed by atoms with Gasteiger partial charge in [-0.05, 0) is 0 Å². The molecule has 0 amide bonds. The molecule has 3 nitrogen and oxygen atoms in total. The molecule has 0 saturated heterocycles. The van der Waals surface area contributed by atoms with Crippen LogP contribution in [0.4, 0.5) is 39.5 Å². The molecule has 0 atom stereocenters. The van der Waals surface area contributed by atoms with Crippen LogP contribution in [-0.4, -0.2) is 70.2 Å². The molecular weight excluding hydrogens is 581 g/mol. The van der Waals surface area contributed by atoms with Gasteiger partial charge in [-0.1, -0.05) is 20.8 Å². The normalized spacial score (nSPS) is 10.6. The topological polar surface area (TPSA) is 42.3 Å². The molecule has 0 bridgehead atoms. The molecule has 0 aromatic heterocycles. The van der Waals surface area contributed by atoms with E-state index >= 15 is 0 Å². The Morgan fingerprint density at radius 1 is 0.613 bits per heavy atom. The van der Waals surface area contributed by atoms with Gasteiger partial charge in [0.1, 0.15) is 0 Å². The van der Waals surface area contributed by atoms with Gasteiger partial charge in [0.25, 0.3) is 0 Å². The maximum Gasteiger partial charge on any atom is 4.00 e. The number of rotatable bonds is 3. The van der Waals surface area contributed by atoms with Crippen molar-refractivity contribution in [2.24, 2.45) is 0 Å². The molecule has 0 aliphatic carbocycles. The van der Waals surface area contributed by atoms with Gasteiger partial charge in [0.2, 0.25) is 0 Å². The molecule has 183 valence electrons. The molecule has 0 fully saturated rings. The van der Waals surface area contributed by atoms with Gasteiger partial charge in [0.15, 0.2) is 0 Å². The number of nitrogens with zero attached hydrogens (tertiary/aromatic N) is 3. The molecule has 31 heavy (non-hydrogen) atoms. The van der Waals surface area contributed by atoms with Gasteiger partial charge in [0.05, 0.1) is 0 Å². The van der Waals surface area contributed by atoms with E-state index in [9.17, 15) is 39.5 Å². The Labute approximate surface area is 202 Å². The Kier molecular flexibility index (Phi) is 32.9. The molecule has 0 unspecified atom stereocenters. The van der Waals surface area contributed by atoms with Crippen LogP contribution < -0.4 is 0 Å². The zero-order valence-corrected chi connectivity index (χ0v) is 22.8. The summed E-state index contributed by atoms with van der Waals surface area (Å²) in [5, 5.41) is -7.39. The molecule has 1 aromatic rings. The second-order valence-electron chi connectivity index (χ2n) is 4.73. The van der Waals surface area contributed by atoms with Crippen LogP contribution in [0.1, 0.15) is 20.8 Å². The standard InChI is InChI=1S/C5H5.C3F9Ge.3C3H8N.Zr/c1-2-4-5-3-1;4-1(5,6)13(2(7,8)9)3(10,11)12;3*1-3-4-2;/h1-5H;;3*3H2,1-2H3;/q-1;;3*-1;+4. The molecule has 0 spiro atoms. The molecule has 0 heterocycles. The van der Waals surface area contributed by atoms with Crippen molar-refractivity contribution in [2.45, 2.75) is 35.8 Å². The predicted octanol–water partition coefficient (Wildman–Crippen LogP) is 7.22. The van der Waals surface area contributed by atoms with E-state index < -0.39 is 29.4 Å². The van der Waals surface area contributed by atoms with E-state index in [4.69, 9.17) is 0 Å². The average molecular weight is 610 g/mol. The van der Waals surface area contributed by atoms with Crippen LogP contribution in [-0.2, 0) is 26.2 Å². The molecule has 0 N–H and O–H groups in total. The number of hydrogen-bond acceptors (Lipinski definition) is 0. The largest absolute Gasteiger partial charge is 4.00 e. The van der Waals surface area contributed by atoms with E-state index in [1.165, 1.54) is 0 Å². The third kappa shape index (κ3) is 34.8. The van der Waals surface area contributed by atoms with Crippen molar-refractivity contribution >= 4 is 14.3 Å². The Balaban J connectivity index is -0.000000103. The summed E-state index contributed by atoms with van der Waals surface area (Å²) < 4.78 is 102. The fraction of sp³-hybridized carbons (Fsp3) is 0.706. The second kappa shape index (κ2) is 24.7. The Morgan fingerprint density at radius 2 is 0.806 bits per heavy atom. The summed E-state index contributed by atoms with van der Waals surface area (Å²) in [7, 11) is 5.42. The van der Waals surface area contributed by atoms with Crippen molar-refractivity contribution in [2.75, 3.05) is 40.8 Å². The first kappa shape index (κ1) is 41.3. The summed E-state index contributed by atoms with van der Waals surface area (Å²) >= 11 is -7.10. The number of hydrogen-bond donors (Lipinski definition) is 0. The molecule has 0 saturated carbocycles.